The monoisotopic (exact) mass is 275 g/mol. The van der Waals surface area contributed by atoms with E-state index in [2.05, 4.69) is 10.6 Å². The van der Waals surface area contributed by atoms with Crippen LogP contribution in [-0.2, 0) is 9.59 Å². The van der Waals surface area contributed by atoms with Gasteiger partial charge in [-0.15, -0.1) is 0 Å². The van der Waals surface area contributed by atoms with Crippen LogP contribution in [0.5, 0.6) is 0 Å². The summed E-state index contributed by atoms with van der Waals surface area (Å²) in [5, 5.41) is 5.92. The van der Waals surface area contributed by atoms with Gasteiger partial charge in [-0.1, -0.05) is 6.07 Å². The van der Waals surface area contributed by atoms with Gasteiger partial charge in [-0.2, -0.15) is 0 Å². The lowest BCUT2D eigenvalue weighted by molar-refractivity contribution is -0.130. The maximum absolute atomic E-state index is 12.2. The van der Waals surface area contributed by atoms with Crippen LogP contribution in [0.15, 0.2) is 24.3 Å². The van der Waals surface area contributed by atoms with Gasteiger partial charge in [0, 0.05) is 31.4 Å². The van der Waals surface area contributed by atoms with Crippen molar-refractivity contribution in [2.45, 2.75) is 32.7 Å². The van der Waals surface area contributed by atoms with Crippen LogP contribution < -0.4 is 10.6 Å². The van der Waals surface area contributed by atoms with Crippen molar-refractivity contribution in [3.05, 3.63) is 24.3 Å². The van der Waals surface area contributed by atoms with E-state index < -0.39 is 0 Å². The molecule has 5 nitrogen and oxygen atoms in total. The zero-order chi connectivity index (χ0) is 14.5. The van der Waals surface area contributed by atoms with E-state index in [-0.39, 0.29) is 17.9 Å². The van der Waals surface area contributed by atoms with Crippen molar-refractivity contribution in [3.8, 4) is 0 Å². The third kappa shape index (κ3) is 3.73. The van der Waals surface area contributed by atoms with Gasteiger partial charge in [0.05, 0.1) is 0 Å². The van der Waals surface area contributed by atoms with Crippen LogP contribution in [-0.4, -0.2) is 35.8 Å². The van der Waals surface area contributed by atoms with Crippen LogP contribution in [0.25, 0.3) is 0 Å². The molecule has 0 aliphatic carbocycles. The Hall–Kier alpha value is -2.04. The number of nitrogens with one attached hydrogen (secondary N) is 2. The molecular formula is C15H21N3O2. The SMILES string of the molecule is CC(=O)Nc1cccc(N[C@H](C)C(=O)N2CCCC2)c1. The molecule has 20 heavy (non-hydrogen) atoms. The molecule has 1 heterocycles. The van der Waals surface area contributed by atoms with Crippen molar-refractivity contribution in [1.82, 2.24) is 4.90 Å². The highest BCUT2D eigenvalue weighted by Gasteiger charge is 2.22. The minimum absolute atomic E-state index is 0.108. The third-order valence-electron chi connectivity index (χ3n) is 3.35. The minimum atomic E-state index is -0.263. The van der Waals surface area contributed by atoms with Crippen molar-refractivity contribution in [3.63, 3.8) is 0 Å². The van der Waals surface area contributed by atoms with Crippen molar-refractivity contribution in [2.24, 2.45) is 0 Å². The normalized spacial score (nSPS) is 15.8. The highest BCUT2D eigenvalue weighted by Crippen LogP contribution is 2.17. The summed E-state index contributed by atoms with van der Waals surface area (Å²) in [6.07, 6.45) is 2.19. The van der Waals surface area contributed by atoms with Crippen LogP contribution in [0.4, 0.5) is 11.4 Å². The van der Waals surface area contributed by atoms with Crippen LogP contribution in [0, 0.1) is 0 Å². The van der Waals surface area contributed by atoms with E-state index in [1.807, 2.05) is 36.1 Å². The number of benzene rings is 1. The van der Waals surface area contributed by atoms with E-state index in [9.17, 15) is 9.59 Å². The van der Waals surface area contributed by atoms with Crippen molar-refractivity contribution < 1.29 is 9.59 Å². The smallest absolute Gasteiger partial charge is 0.244 e. The molecule has 1 aromatic carbocycles. The molecule has 1 saturated heterocycles. The number of hydrogen-bond donors (Lipinski definition) is 2. The molecule has 0 radical (unpaired) electrons. The average Bonchev–Trinajstić information content (AvgIpc) is 2.91. The largest absolute Gasteiger partial charge is 0.374 e. The van der Waals surface area contributed by atoms with E-state index in [0.29, 0.717) is 0 Å². The van der Waals surface area contributed by atoms with E-state index >= 15 is 0 Å². The highest BCUT2D eigenvalue weighted by molar-refractivity contribution is 5.89. The van der Waals surface area contributed by atoms with Gasteiger partial charge in [0.1, 0.15) is 6.04 Å². The first-order valence-corrected chi connectivity index (χ1v) is 6.99. The van der Waals surface area contributed by atoms with Crippen molar-refractivity contribution >= 4 is 23.2 Å². The van der Waals surface area contributed by atoms with Gasteiger partial charge in [-0.3, -0.25) is 9.59 Å². The lowest BCUT2D eigenvalue weighted by Crippen LogP contribution is -2.39. The number of nitrogens with zero attached hydrogens (tertiary/aromatic N) is 1. The molecule has 2 N–H and O–H groups in total. The lowest BCUT2D eigenvalue weighted by atomic mass is 10.2. The minimum Gasteiger partial charge on any atom is -0.374 e. The Labute approximate surface area is 119 Å². The molecule has 0 bridgehead atoms. The summed E-state index contributed by atoms with van der Waals surface area (Å²) in [6.45, 7) is 5.05. The van der Waals surface area contributed by atoms with Crippen LogP contribution in [0.2, 0.25) is 0 Å². The van der Waals surface area contributed by atoms with Gasteiger partial charge in [-0.25, -0.2) is 0 Å². The summed E-state index contributed by atoms with van der Waals surface area (Å²) in [7, 11) is 0. The third-order valence-corrected chi connectivity index (χ3v) is 3.35. The molecule has 1 fully saturated rings. The number of rotatable bonds is 4. The standard InChI is InChI=1S/C15H21N3O2/c1-11(15(20)18-8-3-4-9-18)16-13-6-5-7-14(10-13)17-12(2)19/h5-7,10-11,16H,3-4,8-9H2,1-2H3,(H,17,19)/t11-/m1/s1. The Kier molecular flexibility index (Phi) is 4.61. The number of likely N-dealkylation sites (tertiary alicyclic amines) is 1. The maximum atomic E-state index is 12.2. The molecule has 2 amide bonds. The Morgan fingerprint density at radius 2 is 1.85 bits per heavy atom. The summed E-state index contributed by atoms with van der Waals surface area (Å²) < 4.78 is 0. The molecule has 1 aliphatic heterocycles. The molecule has 0 spiro atoms. The molecule has 1 aliphatic rings. The Morgan fingerprint density at radius 1 is 1.20 bits per heavy atom. The quantitative estimate of drug-likeness (QED) is 0.884. The molecular weight excluding hydrogens is 254 g/mol. The topological polar surface area (TPSA) is 61.4 Å². The summed E-state index contributed by atoms with van der Waals surface area (Å²) in [4.78, 5) is 25.1. The second-order valence-electron chi connectivity index (χ2n) is 5.16. The number of amides is 2. The van der Waals surface area contributed by atoms with E-state index in [0.717, 1.165) is 37.3 Å². The molecule has 5 heteroatoms. The molecule has 2 rings (SSSR count). The Bertz CT molecular complexity index is 496. The van der Waals surface area contributed by atoms with Crippen molar-refractivity contribution in [2.75, 3.05) is 23.7 Å². The second-order valence-corrected chi connectivity index (χ2v) is 5.16. The summed E-state index contributed by atoms with van der Waals surface area (Å²) in [6, 6.07) is 7.12. The van der Waals surface area contributed by atoms with Crippen molar-refractivity contribution in [1.29, 1.82) is 0 Å². The fourth-order valence-electron chi connectivity index (χ4n) is 2.41. The number of carbonyl (C=O) groups excluding carboxylic acids is 2. The predicted molar refractivity (Wildman–Crippen MR) is 79.6 cm³/mol. The molecule has 1 aromatic rings. The number of carbonyl (C=O) groups is 2. The summed E-state index contributed by atoms with van der Waals surface area (Å²) in [5.74, 6) is 0.0239. The fourth-order valence-corrected chi connectivity index (χ4v) is 2.41. The van der Waals surface area contributed by atoms with E-state index in [4.69, 9.17) is 0 Å². The zero-order valence-corrected chi connectivity index (χ0v) is 12.0. The molecule has 0 unspecified atom stereocenters. The first-order valence-electron chi connectivity index (χ1n) is 6.99. The second kappa shape index (κ2) is 6.41. The van der Waals surface area contributed by atoms with E-state index in [1.165, 1.54) is 6.92 Å². The number of anilines is 2. The van der Waals surface area contributed by atoms with Crippen LogP contribution in [0.3, 0.4) is 0 Å². The molecule has 108 valence electrons. The number of hydrogen-bond acceptors (Lipinski definition) is 3. The van der Waals surface area contributed by atoms with E-state index in [1.54, 1.807) is 0 Å². The Balaban J connectivity index is 1.98. The van der Waals surface area contributed by atoms with Crippen LogP contribution in [0.1, 0.15) is 26.7 Å². The highest BCUT2D eigenvalue weighted by atomic mass is 16.2. The summed E-state index contributed by atoms with van der Waals surface area (Å²) >= 11 is 0. The molecule has 1 atom stereocenters. The fraction of sp³-hybridized carbons (Fsp3) is 0.467. The zero-order valence-electron chi connectivity index (χ0n) is 12.0. The van der Waals surface area contributed by atoms with Crippen LogP contribution >= 0.6 is 0 Å². The molecule has 0 saturated carbocycles. The van der Waals surface area contributed by atoms with Gasteiger partial charge in [0.15, 0.2) is 0 Å². The maximum Gasteiger partial charge on any atom is 0.244 e. The molecule has 0 aromatic heterocycles. The van der Waals surface area contributed by atoms with Gasteiger partial charge in [0.2, 0.25) is 11.8 Å². The first-order chi connectivity index (χ1) is 9.56. The van der Waals surface area contributed by atoms with Gasteiger partial charge < -0.3 is 15.5 Å². The summed E-state index contributed by atoms with van der Waals surface area (Å²) in [5.41, 5.74) is 1.56. The van der Waals surface area contributed by atoms with Gasteiger partial charge >= 0.3 is 0 Å². The lowest BCUT2D eigenvalue weighted by Gasteiger charge is -2.22. The van der Waals surface area contributed by atoms with Gasteiger partial charge in [-0.05, 0) is 38.0 Å². The average molecular weight is 275 g/mol. The predicted octanol–water partition coefficient (Wildman–Crippen LogP) is 2.07. The first kappa shape index (κ1) is 14.4. The Morgan fingerprint density at radius 3 is 2.50 bits per heavy atom. The van der Waals surface area contributed by atoms with Gasteiger partial charge in [0.25, 0.3) is 0 Å².